The summed E-state index contributed by atoms with van der Waals surface area (Å²) < 4.78 is 0. The molecule has 2 N–H and O–H groups in total. The summed E-state index contributed by atoms with van der Waals surface area (Å²) in [5, 5.41) is 31.9. The zero-order chi connectivity index (χ0) is 22.7. The minimum Gasteiger partial charge on any atom is -0.507 e. The summed E-state index contributed by atoms with van der Waals surface area (Å²) >= 11 is 0. The van der Waals surface area contributed by atoms with Crippen LogP contribution in [-0.4, -0.2) is 11.0 Å². The zero-order valence-electron chi connectivity index (χ0n) is 18.3. The molecule has 0 unspecified atom stereocenters. The van der Waals surface area contributed by atoms with Gasteiger partial charge in [0.15, 0.2) is 0 Å². The first-order chi connectivity index (χ1) is 13.9. The van der Waals surface area contributed by atoms with E-state index in [1.165, 1.54) is 6.08 Å². The van der Waals surface area contributed by atoms with Gasteiger partial charge in [-0.25, -0.2) is 0 Å². The Labute approximate surface area is 178 Å². The highest BCUT2D eigenvalue weighted by Crippen LogP contribution is 2.40. The van der Waals surface area contributed by atoms with E-state index in [9.17, 15) is 15.2 Å². The van der Waals surface area contributed by atoms with Crippen LogP contribution in [0.2, 0.25) is 0 Å². The van der Waals surface area contributed by atoms with E-state index in [2.05, 4.69) is 5.32 Å². The molecule has 2 aromatic carbocycles. The number of nitrogens with zero attached hydrogens (tertiary/aromatic N) is 2. The Bertz CT molecular complexity index is 1030. The Kier molecular flexibility index (Phi) is 6.38. The van der Waals surface area contributed by atoms with Crippen molar-refractivity contribution in [2.45, 2.75) is 52.4 Å². The average molecular weight is 402 g/mol. The summed E-state index contributed by atoms with van der Waals surface area (Å²) in [5.74, 6) is -0.294. The Morgan fingerprint density at radius 1 is 0.967 bits per heavy atom. The normalized spacial score (nSPS) is 12.1. The number of hydrogen-bond donors (Lipinski definition) is 2. The van der Waals surface area contributed by atoms with Gasteiger partial charge >= 0.3 is 0 Å². The molecule has 0 atom stereocenters. The summed E-state index contributed by atoms with van der Waals surface area (Å²) in [6.45, 7) is 12.0. The molecule has 0 saturated carbocycles. The molecule has 0 spiro atoms. The predicted octanol–water partition coefficient (Wildman–Crippen LogP) is 5.40. The summed E-state index contributed by atoms with van der Waals surface area (Å²) in [6, 6.07) is 14.0. The van der Waals surface area contributed by atoms with Crippen molar-refractivity contribution in [3.05, 3.63) is 64.2 Å². The first kappa shape index (κ1) is 22.7. The van der Waals surface area contributed by atoms with Crippen LogP contribution in [0.15, 0.2) is 42.0 Å². The molecule has 5 nitrogen and oxygen atoms in total. The van der Waals surface area contributed by atoms with E-state index in [1.807, 2.05) is 65.8 Å². The van der Waals surface area contributed by atoms with Crippen molar-refractivity contribution in [3.63, 3.8) is 0 Å². The van der Waals surface area contributed by atoms with Crippen molar-refractivity contribution in [3.8, 4) is 17.9 Å². The number of phenolic OH excluding ortho intramolecular Hbond substituents is 1. The van der Waals surface area contributed by atoms with Gasteiger partial charge in [0.05, 0.1) is 11.6 Å². The van der Waals surface area contributed by atoms with Gasteiger partial charge in [0.1, 0.15) is 17.4 Å². The Morgan fingerprint density at radius 3 is 1.87 bits per heavy atom. The third kappa shape index (κ3) is 5.27. The van der Waals surface area contributed by atoms with Crippen molar-refractivity contribution in [1.82, 2.24) is 0 Å². The predicted molar refractivity (Wildman–Crippen MR) is 119 cm³/mol. The summed E-state index contributed by atoms with van der Waals surface area (Å²) in [7, 11) is 0. The van der Waals surface area contributed by atoms with Crippen LogP contribution in [0.1, 0.15) is 63.8 Å². The molecule has 2 aromatic rings. The molecule has 154 valence electrons. The van der Waals surface area contributed by atoms with E-state index in [0.29, 0.717) is 16.8 Å². The van der Waals surface area contributed by atoms with Crippen LogP contribution in [0, 0.1) is 22.7 Å². The van der Waals surface area contributed by atoms with Crippen LogP contribution in [-0.2, 0) is 15.6 Å². The molecule has 0 aliphatic carbocycles. The molecule has 5 heteroatoms. The number of aromatic hydroxyl groups is 1. The van der Waals surface area contributed by atoms with Crippen molar-refractivity contribution in [1.29, 1.82) is 10.5 Å². The Balaban J connectivity index is 2.48. The summed E-state index contributed by atoms with van der Waals surface area (Å²) in [5.41, 5.74) is 2.49. The maximum Gasteiger partial charge on any atom is 0.266 e. The molecule has 0 aliphatic heterocycles. The number of carbonyl (C=O) groups is 1. The molecule has 2 rings (SSSR count). The topological polar surface area (TPSA) is 96.9 Å². The maximum atomic E-state index is 12.6. The number of carbonyl (C=O) groups excluding carboxylic acids is 1. The molecule has 0 bridgehead atoms. The van der Waals surface area contributed by atoms with Crippen molar-refractivity contribution in [2.24, 2.45) is 0 Å². The lowest BCUT2D eigenvalue weighted by Gasteiger charge is -2.28. The molecule has 0 heterocycles. The molecule has 0 saturated heterocycles. The monoisotopic (exact) mass is 401 g/mol. The molecular formula is C25H27N3O2. The van der Waals surface area contributed by atoms with Crippen molar-refractivity contribution >= 4 is 17.7 Å². The van der Waals surface area contributed by atoms with Crippen LogP contribution in [0.4, 0.5) is 5.69 Å². The van der Waals surface area contributed by atoms with Gasteiger partial charge in [-0.15, -0.1) is 0 Å². The molecule has 0 fully saturated rings. The maximum absolute atomic E-state index is 12.6. The first-order valence-corrected chi connectivity index (χ1v) is 9.68. The smallest absolute Gasteiger partial charge is 0.266 e. The van der Waals surface area contributed by atoms with E-state index >= 15 is 0 Å². The number of hydrogen-bond acceptors (Lipinski definition) is 4. The molecule has 0 radical (unpaired) electrons. The second kappa shape index (κ2) is 8.43. The fourth-order valence-corrected chi connectivity index (χ4v) is 3.03. The Hall–Kier alpha value is -3.57. The molecule has 1 amide bonds. The minimum atomic E-state index is -0.537. The molecule has 0 aromatic heterocycles. The fourth-order valence-electron chi connectivity index (χ4n) is 3.03. The van der Waals surface area contributed by atoms with Gasteiger partial charge < -0.3 is 10.4 Å². The average Bonchev–Trinajstić information content (AvgIpc) is 2.65. The van der Waals surface area contributed by atoms with Crippen molar-refractivity contribution < 1.29 is 9.90 Å². The lowest BCUT2D eigenvalue weighted by atomic mass is 9.78. The second-order valence-corrected chi connectivity index (χ2v) is 9.28. The highest BCUT2D eigenvalue weighted by atomic mass is 16.3. The van der Waals surface area contributed by atoms with E-state index in [-0.39, 0.29) is 22.2 Å². The van der Waals surface area contributed by atoms with Gasteiger partial charge in [0.25, 0.3) is 5.91 Å². The van der Waals surface area contributed by atoms with Crippen LogP contribution in [0.3, 0.4) is 0 Å². The molecule has 30 heavy (non-hydrogen) atoms. The highest BCUT2D eigenvalue weighted by Gasteiger charge is 2.26. The number of benzene rings is 2. The van der Waals surface area contributed by atoms with Gasteiger partial charge in [0.2, 0.25) is 0 Å². The molecular weight excluding hydrogens is 374 g/mol. The number of rotatable bonds is 3. The first-order valence-electron chi connectivity index (χ1n) is 9.68. The van der Waals surface area contributed by atoms with Crippen LogP contribution in [0.5, 0.6) is 5.75 Å². The fraction of sp³-hybridized carbons (Fsp3) is 0.320. The van der Waals surface area contributed by atoms with Crippen LogP contribution >= 0.6 is 0 Å². The third-order valence-corrected chi connectivity index (χ3v) is 4.70. The SMILES string of the molecule is CC(C)(C)c1cc(/C=C(\C#N)C(=O)Nc2ccc(C#N)cc2)cc(C(C)(C)C)c1O. The van der Waals surface area contributed by atoms with Gasteiger partial charge in [-0.3, -0.25) is 4.79 Å². The lowest BCUT2D eigenvalue weighted by molar-refractivity contribution is -0.112. The van der Waals surface area contributed by atoms with Gasteiger partial charge in [-0.1, -0.05) is 41.5 Å². The number of nitrogens with one attached hydrogen (secondary N) is 1. The van der Waals surface area contributed by atoms with Crippen molar-refractivity contribution in [2.75, 3.05) is 5.32 Å². The second-order valence-electron chi connectivity index (χ2n) is 9.28. The number of anilines is 1. The van der Waals surface area contributed by atoms with E-state index < -0.39 is 5.91 Å². The standard InChI is InChI=1S/C25H27N3O2/c1-24(2,3)20-12-17(13-21(22(20)29)25(4,5)6)11-18(15-27)23(30)28-19-9-7-16(14-26)8-10-19/h7-13,29H,1-6H3,(H,28,30)/b18-11+. The van der Waals surface area contributed by atoms with Gasteiger partial charge in [-0.2, -0.15) is 10.5 Å². The zero-order valence-corrected chi connectivity index (χ0v) is 18.3. The summed E-state index contributed by atoms with van der Waals surface area (Å²) in [6.07, 6.45) is 1.53. The minimum absolute atomic E-state index is 0.0511. The van der Waals surface area contributed by atoms with Gasteiger partial charge in [0, 0.05) is 16.8 Å². The van der Waals surface area contributed by atoms with Crippen LogP contribution in [0.25, 0.3) is 6.08 Å². The largest absolute Gasteiger partial charge is 0.507 e. The third-order valence-electron chi connectivity index (χ3n) is 4.70. The quantitative estimate of drug-likeness (QED) is 0.531. The van der Waals surface area contributed by atoms with Crippen LogP contribution < -0.4 is 5.32 Å². The molecule has 0 aliphatic rings. The number of amides is 1. The van der Waals surface area contributed by atoms with Gasteiger partial charge in [-0.05, 0) is 58.9 Å². The lowest BCUT2D eigenvalue weighted by Crippen LogP contribution is -2.18. The van der Waals surface area contributed by atoms with E-state index in [4.69, 9.17) is 5.26 Å². The van der Waals surface area contributed by atoms with E-state index in [1.54, 1.807) is 24.3 Å². The highest BCUT2D eigenvalue weighted by molar-refractivity contribution is 6.09. The number of phenols is 1. The van der Waals surface area contributed by atoms with E-state index in [0.717, 1.165) is 11.1 Å². The number of nitriles is 2. The Morgan fingerprint density at radius 2 is 1.47 bits per heavy atom. The summed E-state index contributed by atoms with van der Waals surface area (Å²) in [4.78, 5) is 12.6.